The van der Waals surface area contributed by atoms with Gasteiger partial charge in [-0.3, -0.25) is 9.69 Å². The average molecular weight is 488 g/mol. The molecular weight excluding hydrogens is 469 g/mol. The average Bonchev–Trinajstić information content (AvgIpc) is 3.00. The van der Waals surface area contributed by atoms with Gasteiger partial charge in [-0.15, -0.1) is 0 Å². The Kier molecular flexibility index (Phi) is 6.14. The number of hydrogen-bond acceptors (Lipinski definition) is 5. The highest BCUT2D eigenvalue weighted by atomic mass is 35.5. The number of carbonyl (C=O) groups excluding carboxylic acids is 1. The Labute approximate surface area is 195 Å². The van der Waals surface area contributed by atoms with Crippen LogP contribution in [0.2, 0.25) is 5.02 Å². The first-order chi connectivity index (χ1) is 15.8. The molecular formula is C24H19ClFNO5S. The molecule has 33 heavy (non-hydrogen) atoms. The maximum Gasteiger partial charge on any atom is 0.271 e. The lowest BCUT2D eigenvalue weighted by Crippen LogP contribution is -2.28. The molecule has 0 aromatic heterocycles. The minimum Gasteiger partial charge on any atom is -0.497 e. The van der Waals surface area contributed by atoms with Gasteiger partial charge in [0.25, 0.3) is 5.91 Å². The fraction of sp³-hybridized carbons (Fsp3) is 0.125. The number of benzene rings is 3. The van der Waals surface area contributed by atoms with E-state index in [4.69, 9.17) is 21.1 Å². The lowest BCUT2D eigenvalue weighted by atomic mass is 10.1. The summed E-state index contributed by atoms with van der Waals surface area (Å²) >= 11 is 5.98. The highest BCUT2D eigenvalue weighted by Gasteiger charge is 2.50. The van der Waals surface area contributed by atoms with Gasteiger partial charge >= 0.3 is 0 Å². The molecule has 3 aromatic rings. The smallest absolute Gasteiger partial charge is 0.271 e. The van der Waals surface area contributed by atoms with E-state index in [0.29, 0.717) is 27.8 Å². The Hall–Kier alpha value is -3.36. The monoisotopic (exact) mass is 487 g/mol. The fourth-order valence-corrected chi connectivity index (χ4v) is 5.65. The van der Waals surface area contributed by atoms with Crippen LogP contribution < -0.4 is 14.4 Å². The van der Waals surface area contributed by atoms with Gasteiger partial charge < -0.3 is 9.47 Å². The van der Waals surface area contributed by atoms with Crippen molar-refractivity contribution in [1.29, 1.82) is 0 Å². The van der Waals surface area contributed by atoms with Crippen molar-refractivity contribution in [3.8, 4) is 11.5 Å². The van der Waals surface area contributed by atoms with E-state index in [0.717, 1.165) is 12.1 Å². The first-order valence-electron chi connectivity index (χ1n) is 9.78. The van der Waals surface area contributed by atoms with Gasteiger partial charge in [0.15, 0.2) is 5.37 Å². The maximum absolute atomic E-state index is 13.7. The van der Waals surface area contributed by atoms with Crippen LogP contribution in [-0.4, -0.2) is 28.5 Å². The van der Waals surface area contributed by atoms with Gasteiger partial charge in [-0.2, -0.15) is 0 Å². The summed E-state index contributed by atoms with van der Waals surface area (Å²) in [5, 5.41) is -0.937. The van der Waals surface area contributed by atoms with E-state index in [1.54, 1.807) is 42.5 Å². The van der Waals surface area contributed by atoms with Gasteiger partial charge in [-0.1, -0.05) is 23.7 Å². The summed E-state index contributed by atoms with van der Waals surface area (Å²) in [6.07, 6.45) is 1.28. The third-order valence-electron chi connectivity index (χ3n) is 5.25. The minimum atomic E-state index is -4.19. The summed E-state index contributed by atoms with van der Waals surface area (Å²) < 4.78 is 51.4. The molecule has 1 fully saturated rings. The summed E-state index contributed by atoms with van der Waals surface area (Å²) in [4.78, 5) is 14.3. The number of sulfone groups is 1. The van der Waals surface area contributed by atoms with Crippen LogP contribution >= 0.6 is 11.6 Å². The second-order valence-electron chi connectivity index (χ2n) is 7.22. The Balaban J connectivity index is 1.91. The van der Waals surface area contributed by atoms with Crippen LogP contribution in [0.3, 0.4) is 0 Å². The van der Waals surface area contributed by atoms with E-state index in [1.165, 1.54) is 37.3 Å². The summed E-state index contributed by atoms with van der Waals surface area (Å²) in [7, 11) is -1.27. The number of amides is 1. The predicted molar refractivity (Wildman–Crippen MR) is 125 cm³/mol. The SMILES string of the molecule is COc1ccc(/C=C2/C(=O)N(c3ccc(Cl)cc3)[C@@H](c3ccc(F)cc3)S2(=O)=O)c(OC)c1. The molecule has 3 aromatic carbocycles. The van der Waals surface area contributed by atoms with Crippen molar-refractivity contribution >= 4 is 39.1 Å². The van der Waals surface area contributed by atoms with E-state index in [2.05, 4.69) is 0 Å². The van der Waals surface area contributed by atoms with Crippen molar-refractivity contribution in [3.05, 3.63) is 93.6 Å². The molecule has 0 unspecified atom stereocenters. The molecule has 1 amide bonds. The van der Waals surface area contributed by atoms with Crippen molar-refractivity contribution in [1.82, 2.24) is 0 Å². The molecule has 0 saturated carbocycles. The Morgan fingerprint density at radius 2 is 1.64 bits per heavy atom. The summed E-state index contributed by atoms with van der Waals surface area (Å²) in [6.45, 7) is 0. The van der Waals surface area contributed by atoms with E-state index < -0.39 is 31.8 Å². The van der Waals surface area contributed by atoms with Crippen LogP contribution in [0, 0.1) is 5.82 Å². The van der Waals surface area contributed by atoms with Crippen LogP contribution in [0.4, 0.5) is 10.1 Å². The molecule has 9 heteroatoms. The highest BCUT2D eigenvalue weighted by molar-refractivity contribution is 7.97. The quantitative estimate of drug-likeness (QED) is 0.474. The molecule has 6 nitrogen and oxygen atoms in total. The number of rotatable bonds is 5. The molecule has 0 aliphatic carbocycles. The highest BCUT2D eigenvalue weighted by Crippen LogP contribution is 2.44. The lowest BCUT2D eigenvalue weighted by molar-refractivity contribution is -0.114. The molecule has 0 N–H and O–H groups in total. The molecule has 170 valence electrons. The number of nitrogens with zero attached hydrogens (tertiary/aromatic N) is 1. The molecule has 0 bridgehead atoms. The zero-order chi connectivity index (χ0) is 23.8. The molecule has 0 spiro atoms. The molecule has 1 aliphatic heterocycles. The number of halogens is 2. The second-order valence-corrected chi connectivity index (χ2v) is 9.63. The normalized spacial score (nSPS) is 18.5. The van der Waals surface area contributed by atoms with E-state index in [1.807, 2.05) is 0 Å². The van der Waals surface area contributed by atoms with Gasteiger partial charge in [0, 0.05) is 22.3 Å². The molecule has 1 heterocycles. The predicted octanol–water partition coefficient (Wildman–Crippen LogP) is 5.00. The molecule has 1 atom stereocenters. The summed E-state index contributed by atoms with van der Waals surface area (Å²) in [5.41, 5.74) is 0.984. The van der Waals surface area contributed by atoms with Gasteiger partial charge in [-0.25, -0.2) is 12.8 Å². The number of methoxy groups -OCH3 is 2. The third-order valence-corrected chi connectivity index (χ3v) is 7.48. The van der Waals surface area contributed by atoms with E-state index in [9.17, 15) is 17.6 Å². The largest absolute Gasteiger partial charge is 0.497 e. The Morgan fingerprint density at radius 3 is 2.24 bits per heavy atom. The van der Waals surface area contributed by atoms with Crippen LogP contribution in [0.25, 0.3) is 6.08 Å². The van der Waals surface area contributed by atoms with Crippen LogP contribution in [-0.2, 0) is 14.6 Å². The molecule has 1 saturated heterocycles. The van der Waals surface area contributed by atoms with Gasteiger partial charge in [-0.05, 0) is 60.2 Å². The third kappa shape index (κ3) is 4.19. The number of ether oxygens (including phenoxy) is 2. The standard InChI is InChI=1S/C24H19ClFNO5S/c1-31-20-12-5-16(21(14-20)32-2)13-22-23(28)27(19-10-6-17(25)7-11-19)24(33(22,29)30)15-3-8-18(26)9-4-15/h3-14,24H,1-2H3/b22-13-/t24-/m1/s1. The van der Waals surface area contributed by atoms with Crippen LogP contribution in [0.15, 0.2) is 71.6 Å². The maximum atomic E-state index is 13.7. The summed E-state index contributed by atoms with van der Waals surface area (Å²) in [6, 6.07) is 16.1. The first kappa shape index (κ1) is 22.8. The van der Waals surface area contributed by atoms with Crippen molar-refractivity contribution in [2.75, 3.05) is 19.1 Å². The van der Waals surface area contributed by atoms with Crippen molar-refractivity contribution in [2.45, 2.75) is 5.37 Å². The molecule has 4 rings (SSSR count). The fourth-order valence-electron chi connectivity index (χ4n) is 3.64. The van der Waals surface area contributed by atoms with Gasteiger partial charge in [0.1, 0.15) is 22.2 Å². The van der Waals surface area contributed by atoms with E-state index in [-0.39, 0.29) is 5.56 Å². The molecule has 1 aliphatic rings. The van der Waals surface area contributed by atoms with Crippen LogP contribution in [0.1, 0.15) is 16.5 Å². The zero-order valence-corrected chi connectivity index (χ0v) is 19.2. The van der Waals surface area contributed by atoms with Crippen molar-refractivity contribution in [2.24, 2.45) is 0 Å². The van der Waals surface area contributed by atoms with Crippen molar-refractivity contribution in [3.63, 3.8) is 0 Å². The van der Waals surface area contributed by atoms with Gasteiger partial charge in [0.2, 0.25) is 9.84 Å². The topological polar surface area (TPSA) is 72.9 Å². The van der Waals surface area contributed by atoms with E-state index >= 15 is 0 Å². The number of anilines is 1. The Bertz CT molecular complexity index is 1340. The van der Waals surface area contributed by atoms with Crippen LogP contribution in [0.5, 0.6) is 11.5 Å². The van der Waals surface area contributed by atoms with Crippen molar-refractivity contribution < 1.29 is 27.1 Å². The first-order valence-corrected chi connectivity index (χ1v) is 11.7. The second kappa shape index (κ2) is 8.88. The molecule has 0 radical (unpaired) electrons. The zero-order valence-electron chi connectivity index (χ0n) is 17.7. The lowest BCUT2D eigenvalue weighted by Gasteiger charge is -2.23. The Morgan fingerprint density at radius 1 is 0.970 bits per heavy atom. The van der Waals surface area contributed by atoms with Gasteiger partial charge in [0.05, 0.1) is 14.2 Å². The summed E-state index contributed by atoms with van der Waals surface area (Å²) in [5.74, 6) is -0.378. The minimum absolute atomic E-state index is 0.254. The number of hydrogen-bond donors (Lipinski definition) is 0. The number of carbonyl (C=O) groups is 1.